The summed E-state index contributed by atoms with van der Waals surface area (Å²) in [4.78, 5) is 36.8. The van der Waals surface area contributed by atoms with Gasteiger partial charge in [-0.1, -0.05) is 25.4 Å². The van der Waals surface area contributed by atoms with Crippen molar-refractivity contribution in [3.8, 4) is 0 Å². The molecular formula is C15H17ClFN3O3. The number of halogens is 2. The maximum absolute atomic E-state index is 13.1. The number of carbonyl (C=O) groups excluding carboxylic acids is 3. The number of hydrogen-bond acceptors (Lipinski definition) is 3. The molecule has 4 amide bonds. The first-order valence-electron chi connectivity index (χ1n) is 7.14. The molecule has 8 heteroatoms. The second-order valence-corrected chi connectivity index (χ2v) is 6.14. The highest BCUT2D eigenvalue weighted by Gasteiger charge is 2.38. The van der Waals surface area contributed by atoms with Crippen LogP contribution in [0.2, 0.25) is 5.02 Å². The Labute approximate surface area is 138 Å². The van der Waals surface area contributed by atoms with E-state index in [4.69, 9.17) is 11.6 Å². The molecule has 0 aliphatic carbocycles. The summed E-state index contributed by atoms with van der Waals surface area (Å²) >= 11 is 5.63. The van der Waals surface area contributed by atoms with E-state index in [0.29, 0.717) is 6.42 Å². The number of urea groups is 1. The lowest BCUT2D eigenvalue weighted by Crippen LogP contribution is -2.38. The van der Waals surface area contributed by atoms with E-state index < -0.39 is 36.2 Å². The first-order chi connectivity index (χ1) is 10.8. The first-order valence-corrected chi connectivity index (χ1v) is 7.52. The number of anilines is 1. The molecule has 1 aromatic rings. The fourth-order valence-electron chi connectivity index (χ4n) is 2.28. The Morgan fingerprint density at radius 3 is 2.74 bits per heavy atom. The van der Waals surface area contributed by atoms with Gasteiger partial charge in [0.2, 0.25) is 5.91 Å². The molecule has 23 heavy (non-hydrogen) atoms. The van der Waals surface area contributed by atoms with Crippen LogP contribution in [0.1, 0.15) is 20.3 Å². The van der Waals surface area contributed by atoms with Gasteiger partial charge in [-0.3, -0.25) is 14.5 Å². The van der Waals surface area contributed by atoms with Crippen molar-refractivity contribution >= 4 is 35.1 Å². The summed E-state index contributed by atoms with van der Waals surface area (Å²) < 4.78 is 13.1. The smallest absolute Gasteiger partial charge is 0.325 e. The van der Waals surface area contributed by atoms with Crippen molar-refractivity contribution in [3.05, 3.63) is 29.0 Å². The Morgan fingerprint density at radius 1 is 1.43 bits per heavy atom. The van der Waals surface area contributed by atoms with Crippen LogP contribution in [0.3, 0.4) is 0 Å². The zero-order valence-corrected chi connectivity index (χ0v) is 13.5. The van der Waals surface area contributed by atoms with Crippen LogP contribution in [0.4, 0.5) is 14.9 Å². The average Bonchev–Trinajstić information content (AvgIpc) is 2.70. The van der Waals surface area contributed by atoms with Crippen LogP contribution < -0.4 is 10.6 Å². The summed E-state index contributed by atoms with van der Waals surface area (Å²) in [6, 6.07) is 2.52. The van der Waals surface area contributed by atoms with Crippen LogP contribution in [-0.4, -0.2) is 35.3 Å². The van der Waals surface area contributed by atoms with Gasteiger partial charge in [0, 0.05) is 5.69 Å². The maximum atomic E-state index is 13.1. The third-order valence-electron chi connectivity index (χ3n) is 3.32. The number of carbonyl (C=O) groups is 3. The minimum Gasteiger partial charge on any atom is -0.326 e. The van der Waals surface area contributed by atoms with Crippen LogP contribution in [0, 0.1) is 11.7 Å². The van der Waals surface area contributed by atoms with Crippen LogP contribution >= 0.6 is 11.6 Å². The number of hydrogen-bond donors (Lipinski definition) is 2. The van der Waals surface area contributed by atoms with Gasteiger partial charge in [-0.2, -0.15) is 0 Å². The van der Waals surface area contributed by atoms with Gasteiger partial charge < -0.3 is 10.6 Å². The standard InChI is InChI=1S/C15H17ClFN3O3/c1-8(2)5-12-14(22)20(15(23)19-12)7-13(21)18-9-3-4-11(17)10(16)6-9/h3-4,6,8,12H,5,7H2,1-2H3,(H,18,21)(H,19,23). The number of benzene rings is 1. The van der Waals surface area contributed by atoms with E-state index in [9.17, 15) is 18.8 Å². The van der Waals surface area contributed by atoms with Crippen LogP contribution in [-0.2, 0) is 9.59 Å². The topological polar surface area (TPSA) is 78.5 Å². The van der Waals surface area contributed by atoms with Crippen molar-refractivity contribution in [3.63, 3.8) is 0 Å². The van der Waals surface area contributed by atoms with Crippen molar-refractivity contribution in [1.29, 1.82) is 0 Å². The number of amides is 4. The molecule has 0 bridgehead atoms. The molecule has 1 heterocycles. The number of nitrogens with zero attached hydrogens (tertiary/aromatic N) is 1. The van der Waals surface area contributed by atoms with E-state index in [2.05, 4.69) is 10.6 Å². The maximum Gasteiger partial charge on any atom is 0.325 e. The highest BCUT2D eigenvalue weighted by Crippen LogP contribution is 2.19. The van der Waals surface area contributed by atoms with E-state index in [-0.39, 0.29) is 16.6 Å². The SMILES string of the molecule is CC(C)CC1NC(=O)N(CC(=O)Nc2ccc(F)c(Cl)c2)C1=O. The Kier molecular flexibility index (Phi) is 5.20. The molecule has 0 radical (unpaired) electrons. The average molecular weight is 342 g/mol. The summed E-state index contributed by atoms with van der Waals surface area (Å²) in [6.45, 7) is 3.47. The van der Waals surface area contributed by atoms with E-state index in [0.717, 1.165) is 11.0 Å². The van der Waals surface area contributed by atoms with Gasteiger partial charge in [0.05, 0.1) is 5.02 Å². The zero-order chi connectivity index (χ0) is 17.1. The summed E-state index contributed by atoms with van der Waals surface area (Å²) in [7, 11) is 0. The summed E-state index contributed by atoms with van der Waals surface area (Å²) in [6.07, 6.45) is 0.510. The molecule has 6 nitrogen and oxygen atoms in total. The molecule has 1 aliphatic rings. The van der Waals surface area contributed by atoms with E-state index >= 15 is 0 Å². The third-order valence-corrected chi connectivity index (χ3v) is 3.61. The third kappa shape index (κ3) is 4.19. The van der Waals surface area contributed by atoms with Gasteiger partial charge in [-0.15, -0.1) is 0 Å². The molecule has 1 unspecified atom stereocenters. The quantitative estimate of drug-likeness (QED) is 0.807. The molecule has 0 aromatic heterocycles. The van der Waals surface area contributed by atoms with Crippen molar-refractivity contribution < 1.29 is 18.8 Å². The lowest BCUT2D eigenvalue weighted by atomic mass is 10.0. The number of rotatable bonds is 5. The lowest BCUT2D eigenvalue weighted by Gasteiger charge is -2.14. The van der Waals surface area contributed by atoms with E-state index in [1.807, 2.05) is 13.8 Å². The highest BCUT2D eigenvalue weighted by molar-refractivity contribution is 6.31. The molecule has 0 saturated carbocycles. The number of nitrogens with one attached hydrogen (secondary N) is 2. The first kappa shape index (κ1) is 17.2. The largest absolute Gasteiger partial charge is 0.326 e. The van der Waals surface area contributed by atoms with Gasteiger partial charge in [0.1, 0.15) is 18.4 Å². The van der Waals surface area contributed by atoms with Gasteiger partial charge in [-0.05, 0) is 30.5 Å². The van der Waals surface area contributed by atoms with Crippen molar-refractivity contribution in [1.82, 2.24) is 10.2 Å². The monoisotopic (exact) mass is 341 g/mol. The van der Waals surface area contributed by atoms with E-state index in [1.165, 1.54) is 12.1 Å². The second-order valence-electron chi connectivity index (χ2n) is 5.73. The molecule has 1 fully saturated rings. The van der Waals surface area contributed by atoms with Gasteiger partial charge >= 0.3 is 6.03 Å². The molecule has 124 valence electrons. The van der Waals surface area contributed by atoms with Crippen molar-refractivity contribution in [2.75, 3.05) is 11.9 Å². The minimum absolute atomic E-state index is 0.130. The van der Waals surface area contributed by atoms with Gasteiger partial charge in [-0.25, -0.2) is 9.18 Å². The summed E-state index contributed by atoms with van der Waals surface area (Å²) in [5, 5.41) is 4.90. The summed E-state index contributed by atoms with van der Waals surface area (Å²) in [5.41, 5.74) is 0.284. The molecule has 1 aliphatic heterocycles. The predicted octanol–water partition coefficient (Wildman–Crippen LogP) is 2.38. The lowest BCUT2D eigenvalue weighted by molar-refractivity contribution is -0.131. The number of imide groups is 1. The Balaban J connectivity index is 1.98. The zero-order valence-electron chi connectivity index (χ0n) is 12.7. The summed E-state index contributed by atoms with van der Waals surface area (Å²) in [5.74, 6) is -1.35. The molecule has 1 saturated heterocycles. The van der Waals surface area contributed by atoms with Gasteiger partial charge in [0.15, 0.2) is 0 Å². The molecule has 1 atom stereocenters. The van der Waals surface area contributed by atoms with Crippen LogP contribution in [0.5, 0.6) is 0 Å². The molecule has 2 rings (SSSR count). The predicted molar refractivity (Wildman–Crippen MR) is 83.5 cm³/mol. The fraction of sp³-hybridized carbons (Fsp3) is 0.400. The van der Waals surface area contributed by atoms with Crippen LogP contribution in [0.15, 0.2) is 18.2 Å². The normalized spacial score (nSPS) is 17.6. The van der Waals surface area contributed by atoms with Crippen molar-refractivity contribution in [2.24, 2.45) is 5.92 Å². The van der Waals surface area contributed by atoms with Crippen LogP contribution in [0.25, 0.3) is 0 Å². The Morgan fingerprint density at radius 2 is 2.13 bits per heavy atom. The molecule has 0 spiro atoms. The van der Waals surface area contributed by atoms with Gasteiger partial charge in [0.25, 0.3) is 5.91 Å². The Bertz CT molecular complexity index is 651. The van der Waals surface area contributed by atoms with E-state index in [1.54, 1.807) is 0 Å². The molecule has 2 N–H and O–H groups in total. The highest BCUT2D eigenvalue weighted by atomic mass is 35.5. The second kappa shape index (κ2) is 6.95. The fourth-order valence-corrected chi connectivity index (χ4v) is 2.46. The molecular weight excluding hydrogens is 325 g/mol. The van der Waals surface area contributed by atoms with Crippen molar-refractivity contribution in [2.45, 2.75) is 26.3 Å². The molecule has 1 aromatic carbocycles. The minimum atomic E-state index is -0.602. The Hall–Kier alpha value is -2.15.